The number of carbonyl (C=O) groups excluding carboxylic acids is 2. The number of nitrogens with one attached hydrogen (secondary N) is 1. The third kappa shape index (κ3) is 8.51. The highest BCUT2D eigenvalue weighted by Crippen LogP contribution is 2.18. The van der Waals surface area contributed by atoms with Crippen LogP contribution in [-0.4, -0.2) is 39.5 Å². The summed E-state index contributed by atoms with van der Waals surface area (Å²) in [6, 6.07) is 26.3. The molecule has 0 fully saturated rings. The Kier molecular flexibility index (Phi) is 10.8. The van der Waals surface area contributed by atoms with Gasteiger partial charge in [0.2, 0.25) is 0 Å². The van der Waals surface area contributed by atoms with Crippen LogP contribution in [0.2, 0.25) is 0 Å². The van der Waals surface area contributed by atoms with Crippen LogP contribution in [0.15, 0.2) is 91.0 Å². The van der Waals surface area contributed by atoms with Crippen molar-refractivity contribution in [3.05, 3.63) is 113 Å². The molecule has 0 aliphatic carbocycles. The molecule has 3 aromatic rings. The highest BCUT2D eigenvalue weighted by Gasteiger charge is 2.39. The minimum atomic E-state index is -1.13. The minimum Gasteiger partial charge on any atom is -0.453 e. The number of rotatable bonds is 10. The molecule has 200 valence electrons. The van der Waals surface area contributed by atoms with Gasteiger partial charge in [-0.25, -0.2) is 4.79 Å². The Morgan fingerprint density at radius 3 is 1.95 bits per heavy atom. The summed E-state index contributed by atoms with van der Waals surface area (Å²) < 4.78 is 5.81. The number of esters is 1. The second kappa shape index (κ2) is 14.4. The molecule has 0 saturated heterocycles. The lowest BCUT2D eigenvalue weighted by Crippen LogP contribution is -2.53. The first-order chi connectivity index (χ1) is 18.8. The van der Waals surface area contributed by atoms with Crippen LogP contribution in [-0.2, 0) is 16.1 Å². The highest BCUT2D eigenvalue weighted by molar-refractivity contribution is 6.36. The molecule has 1 N–H and O–H groups in total. The molecule has 7 heteroatoms. The number of benzene rings is 3. The van der Waals surface area contributed by atoms with E-state index in [1.165, 1.54) is 5.01 Å². The predicted octanol–water partition coefficient (Wildman–Crippen LogP) is 5.15. The Morgan fingerprint density at radius 1 is 0.872 bits per heavy atom. The minimum absolute atomic E-state index is 0.0425. The van der Waals surface area contributed by atoms with E-state index in [2.05, 4.69) is 22.1 Å². The summed E-state index contributed by atoms with van der Waals surface area (Å²) in [6.45, 7) is 8.02. The number of hydrogen-bond donors (Lipinski definition) is 1. The van der Waals surface area contributed by atoms with Crippen molar-refractivity contribution in [1.82, 2.24) is 10.4 Å². The van der Waals surface area contributed by atoms with Gasteiger partial charge in [-0.1, -0.05) is 106 Å². The van der Waals surface area contributed by atoms with Gasteiger partial charge >= 0.3 is 11.7 Å². The lowest BCUT2D eigenvalue weighted by atomic mass is 9.96. The monoisotopic (exact) mass is 522 g/mol. The molecular weight excluding hydrogens is 488 g/mol. The maximum absolute atomic E-state index is 13.4. The number of nitrogens with zero attached hydrogens (tertiary/aromatic N) is 3. The molecular formula is C32H34N4O3. The lowest BCUT2D eigenvalue weighted by molar-refractivity contribution is -0.151. The summed E-state index contributed by atoms with van der Waals surface area (Å²) >= 11 is 0. The Bertz CT molecular complexity index is 1330. The van der Waals surface area contributed by atoms with Crippen LogP contribution in [0.3, 0.4) is 0 Å². The fourth-order valence-electron chi connectivity index (χ4n) is 4.16. The van der Waals surface area contributed by atoms with Crippen molar-refractivity contribution in [3.8, 4) is 11.8 Å². The highest BCUT2D eigenvalue weighted by atomic mass is 16.5. The normalized spacial score (nSPS) is 11.5. The smallest absolute Gasteiger partial charge is 0.420 e. The molecule has 0 radical (unpaired) electrons. The van der Waals surface area contributed by atoms with Crippen molar-refractivity contribution >= 4 is 17.6 Å². The van der Waals surface area contributed by atoms with E-state index >= 15 is 0 Å². The average Bonchev–Trinajstić information content (AvgIpc) is 2.94. The van der Waals surface area contributed by atoms with Crippen molar-refractivity contribution in [2.45, 2.75) is 46.4 Å². The van der Waals surface area contributed by atoms with E-state index in [1.807, 2.05) is 94.4 Å². The zero-order chi connectivity index (χ0) is 28.2. The van der Waals surface area contributed by atoms with Crippen molar-refractivity contribution in [1.29, 1.82) is 0 Å². The molecule has 39 heavy (non-hydrogen) atoms. The molecule has 0 aliphatic rings. The van der Waals surface area contributed by atoms with Gasteiger partial charge in [0, 0.05) is 17.7 Å². The standard InChI is InChI=1S/C32H34N4O3/c1-23(2)30(24(3)4)39-32(38)29(34-33)28(21-20-25-14-8-5-9-15-25)36(22-26-16-10-6-11-17-26)35-31(37)27-18-12-7-13-19-27/h5-19,23-24,28,30H,22H2,1-4H3,(H,35,37)/t28-/m1/s1. The number of hydrogen-bond acceptors (Lipinski definition) is 4. The molecule has 0 heterocycles. The maximum atomic E-state index is 13.4. The fourth-order valence-corrected chi connectivity index (χ4v) is 4.16. The van der Waals surface area contributed by atoms with Gasteiger partial charge < -0.3 is 10.3 Å². The first-order valence-corrected chi connectivity index (χ1v) is 13.0. The molecule has 3 rings (SSSR count). The lowest BCUT2D eigenvalue weighted by Gasteiger charge is -2.28. The van der Waals surface area contributed by atoms with Crippen LogP contribution in [0.1, 0.15) is 49.2 Å². The van der Waals surface area contributed by atoms with Gasteiger partial charge in [-0.05, 0) is 41.7 Å². The van der Waals surface area contributed by atoms with Gasteiger partial charge in [0.05, 0.1) is 0 Å². The maximum Gasteiger partial charge on any atom is 0.420 e. The SMILES string of the molecule is CC(C)C(OC(=O)C(=[N+]=[N-])[C@@H](C#Cc1ccccc1)N(Cc1ccccc1)NC(=O)c1ccccc1)C(C)C. The van der Waals surface area contributed by atoms with E-state index in [0.717, 1.165) is 5.56 Å². The van der Waals surface area contributed by atoms with Gasteiger partial charge in [-0.2, -0.15) is 9.80 Å². The first kappa shape index (κ1) is 29.1. The topological polar surface area (TPSA) is 95.0 Å². The fraction of sp³-hybridized carbons (Fsp3) is 0.281. The van der Waals surface area contributed by atoms with Crippen LogP contribution in [0.25, 0.3) is 5.53 Å². The number of hydrazine groups is 1. The van der Waals surface area contributed by atoms with Crippen LogP contribution in [0.4, 0.5) is 0 Å². The second-order valence-corrected chi connectivity index (χ2v) is 9.80. The molecule has 0 spiro atoms. The Morgan fingerprint density at radius 2 is 1.41 bits per heavy atom. The molecule has 7 nitrogen and oxygen atoms in total. The van der Waals surface area contributed by atoms with E-state index < -0.39 is 24.0 Å². The van der Waals surface area contributed by atoms with Gasteiger partial charge in [-0.3, -0.25) is 10.2 Å². The van der Waals surface area contributed by atoms with Gasteiger partial charge in [0.15, 0.2) is 6.04 Å². The van der Waals surface area contributed by atoms with Crippen molar-refractivity contribution < 1.29 is 19.1 Å². The quantitative estimate of drug-likeness (QED) is 0.0995. The van der Waals surface area contributed by atoms with Gasteiger partial charge in [0.1, 0.15) is 6.10 Å². The average molecular weight is 523 g/mol. The zero-order valence-corrected chi connectivity index (χ0v) is 22.7. The molecule has 1 atom stereocenters. The molecule has 0 aliphatic heterocycles. The molecule has 0 saturated carbocycles. The summed E-state index contributed by atoms with van der Waals surface area (Å²) in [7, 11) is 0. The Labute approximate surface area is 230 Å². The molecule has 0 bridgehead atoms. The van der Waals surface area contributed by atoms with Crippen LogP contribution < -0.4 is 5.43 Å². The summed E-state index contributed by atoms with van der Waals surface area (Å²) in [4.78, 5) is 30.0. The second-order valence-electron chi connectivity index (χ2n) is 9.80. The number of amides is 1. The van der Waals surface area contributed by atoms with E-state index in [-0.39, 0.29) is 24.1 Å². The summed E-state index contributed by atoms with van der Waals surface area (Å²) in [6.07, 6.45) is -0.404. The van der Waals surface area contributed by atoms with Crippen LogP contribution >= 0.6 is 0 Å². The van der Waals surface area contributed by atoms with Gasteiger partial charge in [0.25, 0.3) is 5.91 Å². The van der Waals surface area contributed by atoms with E-state index in [9.17, 15) is 15.1 Å². The Hall–Kier alpha value is -4.50. The summed E-state index contributed by atoms with van der Waals surface area (Å²) in [5, 5.41) is 1.50. The molecule has 3 aromatic carbocycles. The third-order valence-electron chi connectivity index (χ3n) is 6.05. The largest absolute Gasteiger partial charge is 0.453 e. The van der Waals surface area contributed by atoms with Crippen molar-refractivity contribution in [3.63, 3.8) is 0 Å². The van der Waals surface area contributed by atoms with Crippen LogP contribution in [0, 0.1) is 23.7 Å². The zero-order valence-electron chi connectivity index (χ0n) is 22.7. The predicted molar refractivity (Wildman–Crippen MR) is 151 cm³/mol. The third-order valence-corrected chi connectivity index (χ3v) is 6.05. The molecule has 0 aromatic heterocycles. The first-order valence-electron chi connectivity index (χ1n) is 13.0. The number of carbonyl (C=O) groups is 2. The molecule has 1 amide bonds. The van der Waals surface area contributed by atoms with E-state index in [0.29, 0.717) is 11.1 Å². The summed E-state index contributed by atoms with van der Waals surface area (Å²) in [5.41, 5.74) is 14.6. The number of ether oxygens (including phenoxy) is 1. The summed E-state index contributed by atoms with van der Waals surface area (Å²) in [5.74, 6) is 4.98. The van der Waals surface area contributed by atoms with E-state index in [4.69, 9.17) is 4.74 Å². The van der Waals surface area contributed by atoms with Crippen molar-refractivity contribution in [2.75, 3.05) is 0 Å². The van der Waals surface area contributed by atoms with Gasteiger partial charge in [-0.15, -0.1) is 0 Å². The van der Waals surface area contributed by atoms with Crippen molar-refractivity contribution in [2.24, 2.45) is 11.8 Å². The van der Waals surface area contributed by atoms with E-state index in [1.54, 1.807) is 24.3 Å². The Balaban J connectivity index is 2.07. The molecule has 0 unspecified atom stereocenters. The van der Waals surface area contributed by atoms with Crippen LogP contribution in [0.5, 0.6) is 0 Å².